The average Bonchev–Trinajstić information content (AvgIpc) is 2.96. The summed E-state index contributed by atoms with van der Waals surface area (Å²) in [6.45, 7) is 0.631. The third-order valence-corrected chi connectivity index (χ3v) is 5.93. The minimum Gasteiger partial charge on any atom is -0.385 e. The van der Waals surface area contributed by atoms with E-state index in [4.69, 9.17) is 4.74 Å². The molecule has 4 heteroatoms. The van der Waals surface area contributed by atoms with Crippen LogP contribution >= 0.6 is 11.8 Å². The molecule has 0 saturated carbocycles. The summed E-state index contributed by atoms with van der Waals surface area (Å²) in [5, 5.41) is 12.2. The molecular weight excluding hydrogens is 258 g/mol. The molecule has 2 aliphatic rings. The lowest BCUT2D eigenvalue weighted by molar-refractivity contribution is -0.0773. The summed E-state index contributed by atoms with van der Waals surface area (Å²) in [5.74, 6) is 0. The molecule has 2 N–H and O–H groups in total. The van der Waals surface area contributed by atoms with E-state index >= 15 is 0 Å². The number of aromatic nitrogens is 1. The summed E-state index contributed by atoms with van der Waals surface area (Å²) in [6.07, 6.45) is 4.45. The number of ether oxygens (including phenoxy) is 1. The number of hydrogen-bond donors (Lipinski definition) is 2. The molecule has 2 heterocycles. The molecule has 0 radical (unpaired) electrons. The maximum Gasteiger partial charge on any atom is 0.182 e. The van der Waals surface area contributed by atoms with Gasteiger partial charge in [0.1, 0.15) is 5.60 Å². The summed E-state index contributed by atoms with van der Waals surface area (Å²) >= 11 is 1.62. The fourth-order valence-electron chi connectivity index (χ4n) is 3.68. The van der Waals surface area contributed by atoms with Crippen molar-refractivity contribution in [3.05, 3.63) is 35.5 Å². The second kappa shape index (κ2) is 3.78. The van der Waals surface area contributed by atoms with Crippen molar-refractivity contribution in [2.45, 2.75) is 29.8 Å². The second-order valence-electron chi connectivity index (χ2n) is 5.47. The first-order chi connectivity index (χ1) is 9.20. The maximum absolute atomic E-state index is 11.0. The Hall–Kier alpha value is -0.970. The minimum absolute atomic E-state index is 0.612. The number of benzene rings is 1. The number of para-hydroxylation sites is 1. The Labute approximate surface area is 116 Å². The average molecular weight is 275 g/mol. The molecule has 1 aliphatic heterocycles. The standard InChI is InChI=1S/C15H17NO2S/c1-19-15-13-11(6-7-14(15,17)8-9-18-15)10-4-2-3-5-12(10)16-13/h2-5,16-17H,6-9H2,1H3. The van der Waals surface area contributed by atoms with Crippen LogP contribution in [0.25, 0.3) is 10.9 Å². The molecule has 2 unspecified atom stereocenters. The zero-order valence-electron chi connectivity index (χ0n) is 10.9. The van der Waals surface area contributed by atoms with Gasteiger partial charge in [-0.1, -0.05) is 18.2 Å². The maximum atomic E-state index is 11.0. The third-order valence-electron chi connectivity index (χ3n) is 4.65. The summed E-state index contributed by atoms with van der Waals surface area (Å²) in [5.41, 5.74) is 2.80. The number of aromatic amines is 1. The molecule has 0 amide bonds. The van der Waals surface area contributed by atoms with Gasteiger partial charge in [0.15, 0.2) is 4.93 Å². The zero-order chi connectivity index (χ0) is 13.1. The predicted molar refractivity (Wildman–Crippen MR) is 77.3 cm³/mol. The molecule has 19 heavy (non-hydrogen) atoms. The normalized spacial score (nSPS) is 33.4. The van der Waals surface area contributed by atoms with Crippen LogP contribution in [0.3, 0.4) is 0 Å². The molecule has 1 saturated heterocycles. The van der Waals surface area contributed by atoms with Crippen LogP contribution in [0.15, 0.2) is 24.3 Å². The van der Waals surface area contributed by atoms with Gasteiger partial charge in [0.05, 0.1) is 12.3 Å². The molecule has 1 fully saturated rings. The monoisotopic (exact) mass is 275 g/mol. The topological polar surface area (TPSA) is 45.2 Å². The van der Waals surface area contributed by atoms with E-state index in [1.807, 2.05) is 12.3 Å². The highest BCUT2D eigenvalue weighted by Gasteiger charge is 2.60. The van der Waals surface area contributed by atoms with Crippen molar-refractivity contribution in [2.24, 2.45) is 0 Å². The van der Waals surface area contributed by atoms with Crippen molar-refractivity contribution < 1.29 is 9.84 Å². The van der Waals surface area contributed by atoms with E-state index in [-0.39, 0.29) is 0 Å². The van der Waals surface area contributed by atoms with E-state index in [0.717, 1.165) is 30.5 Å². The van der Waals surface area contributed by atoms with Crippen LogP contribution in [0.5, 0.6) is 0 Å². The molecule has 0 bridgehead atoms. The number of H-pyrrole nitrogens is 1. The second-order valence-corrected chi connectivity index (χ2v) is 6.46. The number of fused-ring (bicyclic) bond motifs is 5. The van der Waals surface area contributed by atoms with Gasteiger partial charge in [-0.2, -0.15) is 0 Å². The van der Waals surface area contributed by atoms with Gasteiger partial charge in [0, 0.05) is 17.3 Å². The summed E-state index contributed by atoms with van der Waals surface area (Å²) in [4.78, 5) is 2.89. The van der Waals surface area contributed by atoms with E-state index in [0.29, 0.717) is 6.61 Å². The van der Waals surface area contributed by atoms with Gasteiger partial charge in [-0.05, 0) is 30.7 Å². The summed E-state index contributed by atoms with van der Waals surface area (Å²) in [7, 11) is 0. The Morgan fingerprint density at radius 1 is 1.32 bits per heavy atom. The molecule has 4 rings (SSSR count). The number of nitrogens with one attached hydrogen (secondary N) is 1. The lowest BCUT2D eigenvalue weighted by Crippen LogP contribution is -2.49. The number of hydrogen-bond acceptors (Lipinski definition) is 3. The van der Waals surface area contributed by atoms with Crippen molar-refractivity contribution in [1.82, 2.24) is 4.98 Å². The van der Waals surface area contributed by atoms with Crippen LogP contribution in [0.1, 0.15) is 24.1 Å². The van der Waals surface area contributed by atoms with Crippen LogP contribution in [-0.2, 0) is 16.1 Å². The number of aliphatic hydroxyl groups is 1. The predicted octanol–water partition coefficient (Wildman–Crippen LogP) is 2.78. The Balaban J connectivity index is 2.03. The molecule has 1 aromatic carbocycles. The molecule has 1 aromatic heterocycles. The number of aryl methyl sites for hydroxylation is 1. The van der Waals surface area contributed by atoms with E-state index in [9.17, 15) is 5.11 Å². The van der Waals surface area contributed by atoms with Gasteiger partial charge < -0.3 is 14.8 Å². The van der Waals surface area contributed by atoms with Gasteiger partial charge in [-0.3, -0.25) is 0 Å². The molecular formula is C15H17NO2S. The van der Waals surface area contributed by atoms with Gasteiger partial charge in [0.25, 0.3) is 0 Å². The Morgan fingerprint density at radius 2 is 2.16 bits per heavy atom. The van der Waals surface area contributed by atoms with Gasteiger partial charge in [0.2, 0.25) is 0 Å². The van der Waals surface area contributed by atoms with Crippen molar-refractivity contribution >= 4 is 22.7 Å². The molecule has 2 atom stereocenters. The largest absolute Gasteiger partial charge is 0.385 e. The fraction of sp³-hybridized carbons (Fsp3) is 0.467. The Morgan fingerprint density at radius 3 is 3.00 bits per heavy atom. The van der Waals surface area contributed by atoms with Gasteiger partial charge in [-0.25, -0.2) is 0 Å². The first kappa shape index (κ1) is 11.8. The van der Waals surface area contributed by atoms with E-state index in [1.165, 1.54) is 10.9 Å². The fourth-order valence-corrected chi connectivity index (χ4v) is 4.84. The first-order valence-electron chi connectivity index (χ1n) is 6.72. The van der Waals surface area contributed by atoms with Crippen LogP contribution in [-0.4, -0.2) is 28.6 Å². The molecule has 1 aliphatic carbocycles. The Bertz CT molecular complexity index is 653. The quantitative estimate of drug-likeness (QED) is 0.841. The molecule has 3 nitrogen and oxygen atoms in total. The number of thioether (sulfide) groups is 1. The number of rotatable bonds is 1. The van der Waals surface area contributed by atoms with Crippen molar-refractivity contribution in [1.29, 1.82) is 0 Å². The van der Waals surface area contributed by atoms with E-state index in [2.05, 4.69) is 23.2 Å². The summed E-state index contributed by atoms with van der Waals surface area (Å²) in [6, 6.07) is 8.35. The molecule has 2 aromatic rings. The minimum atomic E-state index is -0.736. The van der Waals surface area contributed by atoms with Crippen molar-refractivity contribution in [2.75, 3.05) is 12.9 Å². The highest BCUT2D eigenvalue weighted by molar-refractivity contribution is 7.99. The van der Waals surface area contributed by atoms with Crippen molar-refractivity contribution in [3.63, 3.8) is 0 Å². The lowest BCUT2D eigenvalue weighted by atomic mass is 9.79. The highest BCUT2D eigenvalue weighted by atomic mass is 32.2. The molecule has 100 valence electrons. The SMILES string of the molecule is CSC12OCCC1(O)CCc1c2[nH]c2ccccc12. The van der Waals surface area contributed by atoms with Gasteiger partial charge in [-0.15, -0.1) is 11.8 Å². The van der Waals surface area contributed by atoms with Crippen LogP contribution < -0.4 is 0 Å². The van der Waals surface area contributed by atoms with Crippen LogP contribution in [0.2, 0.25) is 0 Å². The van der Waals surface area contributed by atoms with Gasteiger partial charge >= 0.3 is 0 Å². The van der Waals surface area contributed by atoms with Crippen LogP contribution in [0.4, 0.5) is 0 Å². The Kier molecular flexibility index (Phi) is 2.35. The zero-order valence-corrected chi connectivity index (χ0v) is 11.7. The van der Waals surface area contributed by atoms with E-state index < -0.39 is 10.5 Å². The van der Waals surface area contributed by atoms with Crippen LogP contribution in [0, 0.1) is 0 Å². The first-order valence-corrected chi connectivity index (χ1v) is 7.94. The summed E-state index contributed by atoms with van der Waals surface area (Å²) < 4.78 is 6.03. The third kappa shape index (κ3) is 1.32. The van der Waals surface area contributed by atoms with E-state index in [1.54, 1.807) is 11.8 Å². The smallest absolute Gasteiger partial charge is 0.182 e. The molecule has 0 spiro atoms. The highest BCUT2D eigenvalue weighted by Crippen LogP contribution is 2.57. The van der Waals surface area contributed by atoms with Crippen molar-refractivity contribution in [3.8, 4) is 0 Å². The lowest BCUT2D eigenvalue weighted by Gasteiger charge is -2.43.